The molecule has 0 fully saturated rings. The number of hydrogen-bond acceptors (Lipinski definition) is 5. The number of anilines is 2. The van der Waals surface area contributed by atoms with Crippen LogP contribution in [0.3, 0.4) is 0 Å². The summed E-state index contributed by atoms with van der Waals surface area (Å²) in [4.78, 5) is 4.13. The maximum atomic E-state index is 5.82. The van der Waals surface area contributed by atoms with Gasteiger partial charge in [-0.25, -0.2) is 0 Å². The molecule has 96 valence electrons. The summed E-state index contributed by atoms with van der Waals surface area (Å²) in [5.41, 5.74) is 6.69. The summed E-state index contributed by atoms with van der Waals surface area (Å²) < 4.78 is 7.53. The van der Waals surface area contributed by atoms with Gasteiger partial charge in [0.2, 0.25) is 11.9 Å². The summed E-state index contributed by atoms with van der Waals surface area (Å²) in [5.74, 6) is 0.838. The van der Waals surface area contributed by atoms with Gasteiger partial charge in [-0.1, -0.05) is 15.9 Å². The molecule has 0 radical (unpaired) electrons. The number of hydrogen-bond donors (Lipinski definition) is 2. The molecule has 6 nitrogen and oxygen atoms in total. The van der Waals surface area contributed by atoms with Crippen molar-refractivity contribution in [3.05, 3.63) is 28.7 Å². The van der Waals surface area contributed by atoms with E-state index in [-0.39, 0.29) is 0 Å². The molecule has 1 heterocycles. The number of nitrogens with one attached hydrogen (secondary N) is 1. The third-order valence-corrected chi connectivity index (χ3v) is 2.82. The average Bonchev–Trinajstić information content (AvgIpc) is 2.72. The van der Waals surface area contributed by atoms with E-state index in [9.17, 15) is 0 Å². The summed E-state index contributed by atoms with van der Waals surface area (Å²) in [6.07, 6.45) is 0. The molecule has 0 aliphatic rings. The highest BCUT2D eigenvalue weighted by Gasteiger charge is 2.07. The van der Waals surface area contributed by atoms with E-state index in [0.29, 0.717) is 25.0 Å². The fraction of sp³-hybridized carbons (Fsp3) is 0.273. The maximum absolute atomic E-state index is 5.82. The summed E-state index contributed by atoms with van der Waals surface area (Å²) in [7, 11) is 1.64. The van der Waals surface area contributed by atoms with Gasteiger partial charge in [-0.3, -0.25) is 0 Å². The van der Waals surface area contributed by atoms with Crippen LogP contribution in [0.5, 0.6) is 0 Å². The zero-order valence-corrected chi connectivity index (χ0v) is 11.5. The lowest BCUT2D eigenvalue weighted by molar-refractivity contribution is 0.210. The van der Waals surface area contributed by atoms with E-state index in [4.69, 9.17) is 10.5 Å². The van der Waals surface area contributed by atoms with Crippen LogP contribution in [0.1, 0.15) is 0 Å². The van der Waals surface area contributed by atoms with Gasteiger partial charge in [0.05, 0.1) is 12.3 Å². The van der Waals surface area contributed by atoms with Crippen molar-refractivity contribution in [2.24, 2.45) is 0 Å². The van der Waals surface area contributed by atoms with E-state index in [1.807, 2.05) is 24.3 Å². The van der Waals surface area contributed by atoms with Crippen molar-refractivity contribution in [1.82, 2.24) is 14.8 Å². The van der Waals surface area contributed by atoms with Gasteiger partial charge in [-0.15, -0.1) is 5.10 Å². The zero-order chi connectivity index (χ0) is 13.0. The smallest absolute Gasteiger partial charge is 0.244 e. The first-order valence-corrected chi connectivity index (χ1v) is 6.21. The molecule has 2 aromatic rings. The van der Waals surface area contributed by atoms with E-state index in [1.54, 1.807) is 11.8 Å². The van der Waals surface area contributed by atoms with Crippen molar-refractivity contribution in [2.45, 2.75) is 0 Å². The highest BCUT2D eigenvalue weighted by molar-refractivity contribution is 9.10. The average molecular weight is 312 g/mol. The highest BCUT2D eigenvalue weighted by atomic mass is 79.9. The van der Waals surface area contributed by atoms with Gasteiger partial charge in [-0.05, 0) is 24.3 Å². The largest absolute Gasteiger partial charge is 0.383 e. The summed E-state index contributed by atoms with van der Waals surface area (Å²) in [6, 6.07) is 7.67. The van der Waals surface area contributed by atoms with Gasteiger partial charge < -0.3 is 15.8 Å². The normalized spacial score (nSPS) is 10.6. The van der Waals surface area contributed by atoms with E-state index < -0.39 is 0 Å². The Kier molecular flexibility index (Phi) is 4.16. The lowest BCUT2D eigenvalue weighted by atomic mass is 10.3. The summed E-state index contributed by atoms with van der Waals surface area (Å²) in [5, 5.41) is 7.31. The number of nitrogens with zero attached hydrogens (tertiary/aromatic N) is 3. The van der Waals surface area contributed by atoms with Crippen molar-refractivity contribution in [3.63, 3.8) is 0 Å². The SMILES string of the molecule is COCCNc1nc(N)n(-c2ccc(Br)cc2)n1. The molecule has 0 atom stereocenters. The zero-order valence-electron chi connectivity index (χ0n) is 9.93. The molecule has 0 aliphatic carbocycles. The van der Waals surface area contributed by atoms with Crippen LogP contribution in [-0.2, 0) is 4.74 Å². The molecule has 0 saturated heterocycles. The van der Waals surface area contributed by atoms with Gasteiger partial charge in [0.25, 0.3) is 0 Å². The number of ether oxygens (including phenoxy) is 1. The maximum Gasteiger partial charge on any atom is 0.244 e. The van der Waals surface area contributed by atoms with Crippen LogP contribution in [-0.4, -0.2) is 35.0 Å². The molecular formula is C11H14BrN5O. The van der Waals surface area contributed by atoms with Gasteiger partial charge in [-0.2, -0.15) is 9.67 Å². The van der Waals surface area contributed by atoms with Crippen molar-refractivity contribution in [1.29, 1.82) is 0 Å². The molecule has 18 heavy (non-hydrogen) atoms. The van der Waals surface area contributed by atoms with E-state index in [1.165, 1.54) is 0 Å². The molecule has 1 aromatic carbocycles. The molecule has 1 aromatic heterocycles. The number of nitrogen functional groups attached to an aromatic ring is 1. The van der Waals surface area contributed by atoms with Crippen LogP contribution in [0, 0.1) is 0 Å². The minimum absolute atomic E-state index is 0.345. The number of aromatic nitrogens is 3. The minimum atomic E-state index is 0.345. The van der Waals surface area contributed by atoms with Crippen LogP contribution >= 0.6 is 15.9 Å². The predicted molar refractivity (Wildman–Crippen MR) is 73.8 cm³/mol. The lowest BCUT2D eigenvalue weighted by Gasteiger charge is -2.02. The number of nitrogens with two attached hydrogens (primary N) is 1. The van der Waals surface area contributed by atoms with Crippen LogP contribution < -0.4 is 11.1 Å². The van der Waals surface area contributed by atoms with E-state index in [0.717, 1.165) is 10.2 Å². The molecule has 2 rings (SSSR count). The van der Waals surface area contributed by atoms with Gasteiger partial charge in [0.15, 0.2) is 0 Å². The first-order chi connectivity index (χ1) is 8.70. The molecule has 0 unspecified atom stereocenters. The second-order valence-corrected chi connectivity index (χ2v) is 4.52. The van der Waals surface area contributed by atoms with Crippen LogP contribution in [0.15, 0.2) is 28.7 Å². The monoisotopic (exact) mass is 311 g/mol. The Labute approximate surface area is 113 Å². The summed E-state index contributed by atoms with van der Waals surface area (Å²) >= 11 is 3.38. The van der Waals surface area contributed by atoms with Crippen molar-refractivity contribution in [3.8, 4) is 5.69 Å². The molecule has 0 aliphatic heterocycles. The van der Waals surface area contributed by atoms with Crippen molar-refractivity contribution in [2.75, 3.05) is 31.3 Å². The molecule has 0 spiro atoms. The fourth-order valence-corrected chi connectivity index (χ4v) is 1.70. The third-order valence-electron chi connectivity index (χ3n) is 2.29. The molecule has 0 amide bonds. The van der Waals surface area contributed by atoms with Gasteiger partial charge >= 0.3 is 0 Å². The topological polar surface area (TPSA) is 78.0 Å². The first kappa shape index (κ1) is 12.8. The van der Waals surface area contributed by atoms with E-state index >= 15 is 0 Å². The Morgan fingerprint density at radius 2 is 2.11 bits per heavy atom. The Bertz CT molecular complexity index is 511. The number of rotatable bonds is 5. The van der Waals surface area contributed by atoms with E-state index in [2.05, 4.69) is 31.3 Å². The standard InChI is InChI=1S/C11H14BrN5O/c1-18-7-6-14-11-15-10(13)17(16-11)9-4-2-8(12)3-5-9/h2-5H,6-7H2,1H3,(H3,13,14,15,16). The number of benzene rings is 1. The van der Waals surface area contributed by atoms with Crippen LogP contribution in [0.2, 0.25) is 0 Å². The Hall–Kier alpha value is -1.60. The minimum Gasteiger partial charge on any atom is -0.383 e. The lowest BCUT2D eigenvalue weighted by Crippen LogP contribution is -2.09. The predicted octanol–water partition coefficient (Wildman–Crippen LogP) is 1.67. The molecule has 0 saturated carbocycles. The fourth-order valence-electron chi connectivity index (χ4n) is 1.44. The van der Waals surface area contributed by atoms with Gasteiger partial charge in [0, 0.05) is 18.1 Å². The quantitative estimate of drug-likeness (QED) is 0.821. The molecular weight excluding hydrogens is 298 g/mol. The van der Waals surface area contributed by atoms with Crippen molar-refractivity contribution >= 4 is 27.8 Å². The highest BCUT2D eigenvalue weighted by Crippen LogP contribution is 2.16. The Morgan fingerprint density at radius 3 is 2.78 bits per heavy atom. The number of methoxy groups -OCH3 is 1. The Balaban J connectivity index is 2.16. The van der Waals surface area contributed by atoms with Crippen LogP contribution in [0.4, 0.5) is 11.9 Å². The second-order valence-electron chi connectivity index (χ2n) is 3.60. The molecule has 0 bridgehead atoms. The molecule has 3 N–H and O–H groups in total. The Morgan fingerprint density at radius 1 is 1.39 bits per heavy atom. The summed E-state index contributed by atoms with van der Waals surface area (Å²) in [6.45, 7) is 1.23. The van der Waals surface area contributed by atoms with Crippen LogP contribution in [0.25, 0.3) is 5.69 Å². The van der Waals surface area contributed by atoms with Crippen molar-refractivity contribution < 1.29 is 4.74 Å². The second kappa shape index (κ2) is 5.83. The van der Waals surface area contributed by atoms with Gasteiger partial charge in [0.1, 0.15) is 0 Å². The number of halogens is 1. The first-order valence-electron chi connectivity index (χ1n) is 5.42. The molecule has 7 heteroatoms. The third kappa shape index (κ3) is 2.99.